The van der Waals surface area contributed by atoms with Crippen molar-refractivity contribution in [1.82, 2.24) is 4.72 Å². The fourth-order valence-electron chi connectivity index (χ4n) is 1.62. The van der Waals surface area contributed by atoms with Crippen LogP contribution in [0.5, 0.6) is 0 Å². The van der Waals surface area contributed by atoms with Crippen LogP contribution in [0.3, 0.4) is 0 Å². The minimum absolute atomic E-state index is 0.150. The lowest BCUT2D eigenvalue weighted by Gasteiger charge is -2.28. The lowest BCUT2D eigenvalue weighted by atomic mass is 10.0. The Morgan fingerprint density at radius 3 is 2.48 bits per heavy atom. The van der Waals surface area contributed by atoms with Crippen LogP contribution in [0, 0.1) is 12.7 Å². The summed E-state index contributed by atoms with van der Waals surface area (Å²) in [5.74, 6) is -2.48. The molecule has 0 bridgehead atoms. The first-order chi connectivity index (χ1) is 9.54. The highest BCUT2D eigenvalue weighted by Gasteiger charge is 2.38. The van der Waals surface area contributed by atoms with Crippen LogP contribution >= 0.6 is 0 Å². The molecular formula is C14H19F2NO3S. The Morgan fingerprint density at radius 2 is 2.00 bits per heavy atom. The van der Waals surface area contributed by atoms with E-state index in [1.165, 1.54) is 12.1 Å². The summed E-state index contributed by atoms with van der Waals surface area (Å²) in [5.41, 5.74) is 0.500. The summed E-state index contributed by atoms with van der Waals surface area (Å²) in [4.78, 5) is 10.9. The number of alkyl halides is 1. The van der Waals surface area contributed by atoms with Crippen molar-refractivity contribution < 1.29 is 23.2 Å². The number of carbonyl (C=O) groups is 1. The zero-order chi connectivity index (χ0) is 16.4. The molecule has 0 saturated heterocycles. The van der Waals surface area contributed by atoms with Crippen LogP contribution in [0.15, 0.2) is 18.2 Å². The molecule has 0 spiro atoms. The summed E-state index contributed by atoms with van der Waals surface area (Å²) in [5, 5.41) is 8.85. The molecule has 0 aliphatic heterocycles. The van der Waals surface area contributed by atoms with Crippen molar-refractivity contribution in [2.45, 2.75) is 44.7 Å². The number of carboxylic acid groups (broad SMARTS) is 1. The molecule has 2 N–H and O–H groups in total. The molecule has 7 heteroatoms. The lowest BCUT2D eigenvalue weighted by molar-refractivity contribution is -0.143. The van der Waals surface area contributed by atoms with Crippen LogP contribution in [0.1, 0.15) is 37.9 Å². The van der Waals surface area contributed by atoms with E-state index in [1.54, 1.807) is 27.7 Å². The van der Waals surface area contributed by atoms with E-state index in [1.807, 2.05) is 0 Å². The molecular weight excluding hydrogens is 300 g/mol. The summed E-state index contributed by atoms with van der Waals surface area (Å²) >= 11 is -1.74. The summed E-state index contributed by atoms with van der Waals surface area (Å²) in [6.07, 6.45) is -2.41. The molecule has 0 aliphatic rings. The maximum Gasteiger partial charge on any atom is 0.340 e. The molecule has 1 unspecified atom stereocenters. The largest absolute Gasteiger partial charge is 0.598 e. The third-order valence-corrected chi connectivity index (χ3v) is 4.39. The van der Waals surface area contributed by atoms with Gasteiger partial charge >= 0.3 is 5.97 Å². The van der Waals surface area contributed by atoms with E-state index in [0.717, 1.165) is 6.07 Å². The van der Waals surface area contributed by atoms with Gasteiger partial charge < -0.3 is 9.66 Å². The Hall–Kier alpha value is -1.18. The van der Waals surface area contributed by atoms with E-state index in [0.29, 0.717) is 5.56 Å². The number of nitrogens with one attached hydrogen (secondary N) is 1. The van der Waals surface area contributed by atoms with Crippen LogP contribution in [0.25, 0.3) is 0 Å². The number of rotatable bonds is 5. The molecule has 21 heavy (non-hydrogen) atoms. The number of hydrogen-bond donors (Lipinski definition) is 2. The molecule has 3 atom stereocenters. The van der Waals surface area contributed by atoms with Crippen molar-refractivity contribution in [3.8, 4) is 0 Å². The van der Waals surface area contributed by atoms with Crippen LogP contribution in [-0.2, 0) is 16.2 Å². The second-order valence-electron chi connectivity index (χ2n) is 5.74. The third-order valence-electron chi connectivity index (χ3n) is 2.81. The Labute approximate surface area is 125 Å². The SMILES string of the molecule is Cc1ccc(F)c([C@@H](N[S+]([O-])C(C)(C)C)[C@H](F)C(=O)O)c1. The van der Waals surface area contributed by atoms with E-state index in [2.05, 4.69) is 4.72 Å². The monoisotopic (exact) mass is 319 g/mol. The maximum atomic E-state index is 14.0. The molecule has 1 aromatic carbocycles. The Morgan fingerprint density at radius 1 is 1.43 bits per heavy atom. The molecule has 0 fully saturated rings. The third kappa shape index (κ3) is 4.66. The van der Waals surface area contributed by atoms with Gasteiger partial charge in [-0.05, 0) is 33.8 Å². The first kappa shape index (κ1) is 17.9. The van der Waals surface area contributed by atoms with E-state index in [4.69, 9.17) is 5.11 Å². The predicted octanol–water partition coefficient (Wildman–Crippen LogP) is 2.65. The van der Waals surface area contributed by atoms with Crippen LogP contribution in [0.4, 0.5) is 8.78 Å². The van der Waals surface area contributed by atoms with Crippen molar-refractivity contribution >= 4 is 17.3 Å². The van der Waals surface area contributed by atoms with Gasteiger partial charge in [0.1, 0.15) is 16.6 Å². The highest BCUT2D eigenvalue weighted by Crippen LogP contribution is 2.27. The van der Waals surface area contributed by atoms with Gasteiger partial charge in [-0.1, -0.05) is 17.7 Å². The molecule has 0 heterocycles. The zero-order valence-electron chi connectivity index (χ0n) is 12.3. The van der Waals surface area contributed by atoms with Crippen molar-refractivity contribution in [2.75, 3.05) is 0 Å². The molecule has 0 radical (unpaired) electrons. The smallest absolute Gasteiger partial charge is 0.340 e. The molecule has 1 aromatic rings. The highest BCUT2D eigenvalue weighted by molar-refractivity contribution is 7.90. The van der Waals surface area contributed by atoms with Gasteiger partial charge in [0, 0.05) is 16.9 Å². The molecule has 0 aliphatic carbocycles. The first-order valence-corrected chi connectivity index (χ1v) is 7.50. The van der Waals surface area contributed by atoms with Gasteiger partial charge in [-0.3, -0.25) is 0 Å². The fourth-order valence-corrected chi connectivity index (χ4v) is 2.45. The Kier molecular flexibility index (Phi) is 5.72. The van der Waals surface area contributed by atoms with E-state index >= 15 is 0 Å². The quantitative estimate of drug-likeness (QED) is 0.819. The van der Waals surface area contributed by atoms with E-state index in [-0.39, 0.29) is 5.56 Å². The van der Waals surface area contributed by atoms with Gasteiger partial charge in [0.25, 0.3) is 0 Å². The average Bonchev–Trinajstić information content (AvgIpc) is 2.36. The Balaban J connectivity index is 3.20. The van der Waals surface area contributed by atoms with E-state index < -0.39 is 40.1 Å². The second kappa shape index (κ2) is 6.72. The van der Waals surface area contributed by atoms with Gasteiger partial charge in [-0.25, -0.2) is 13.6 Å². The summed E-state index contributed by atoms with van der Waals surface area (Å²) < 4.78 is 41.6. The van der Waals surface area contributed by atoms with Gasteiger partial charge in [-0.15, -0.1) is 4.72 Å². The van der Waals surface area contributed by atoms with Gasteiger partial charge in [0.15, 0.2) is 0 Å². The first-order valence-electron chi connectivity index (χ1n) is 6.35. The summed E-state index contributed by atoms with van der Waals surface area (Å²) in [6, 6.07) is 2.45. The predicted molar refractivity (Wildman–Crippen MR) is 77.4 cm³/mol. The lowest BCUT2D eigenvalue weighted by Crippen LogP contribution is -2.45. The zero-order valence-corrected chi connectivity index (χ0v) is 13.1. The van der Waals surface area contributed by atoms with Gasteiger partial charge in [0.05, 0.1) is 0 Å². The fraction of sp³-hybridized carbons (Fsp3) is 0.500. The molecule has 0 aromatic heterocycles. The normalized spacial score (nSPS) is 16.3. The summed E-state index contributed by atoms with van der Waals surface area (Å²) in [6.45, 7) is 6.62. The molecule has 0 saturated carbocycles. The topological polar surface area (TPSA) is 72.4 Å². The van der Waals surface area contributed by atoms with Gasteiger partial charge in [0.2, 0.25) is 6.17 Å². The minimum atomic E-state index is -2.41. The standard InChI is InChI=1S/C14H19F2NO3S/c1-8-5-6-10(15)9(7-8)12(11(16)13(18)19)17-21(20)14(2,3)4/h5-7,11-12,17H,1-4H3,(H,18,19)/t11-,12+,21?/m0/s1. The van der Waals surface area contributed by atoms with Gasteiger partial charge in [-0.2, -0.15) is 0 Å². The number of halogens is 2. The molecule has 0 amide bonds. The second-order valence-corrected chi connectivity index (χ2v) is 7.74. The van der Waals surface area contributed by atoms with Crippen molar-refractivity contribution in [3.63, 3.8) is 0 Å². The van der Waals surface area contributed by atoms with Crippen LogP contribution in [0.2, 0.25) is 0 Å². The van der Waals surface area contributed by atoms with Crippen molar-refractivity contribution in [3.05, 3.63) is 35.1 Å². The number of hydrogen-bond acceptors (Lipinski definition) is 3. The number of aliphatic carboxylic acids is 1. The number of aryl methyl sites for hydroxylation is 1. The molecule has 4 nitrogen and oxygen atoms in total. The minimum Gasteiger partial charge on any atom is -0.598 e. The molecule has 1 rings (SSSR count). The van der Waals surface area contributed by atoms with E-state index in [9.17, 15) is 18.1 Å². The Bertz CT molecular complexity index is 519. The number of carboxylic acids is 1. The average molecular weight is 319 g/mol. The summed E-state index contributed by atoms with van der Waals surface area (Å²) in [7, 11) is 0. The van der Waals surface area contributed by atoms with Crippen molar-refractivity contribution in [1.29, 1.82) is 0 Å². The van der Waals surface area contributed by atoms with Crippen LogP contribution in [-0.4, -0.2) is 26.5 Å². The molecule has 118 valence electrons. The highest BCUT2D eigenvalue weighted by atomic mass is 32.2. The number of benzene rings is 1. The van der Waals surface area contributed by atoms with Crippen molar-refractivity contribution in [2.24, 2.45) is 0 Å². The van der Waals surface area contributed by atoms with Crippen LogP contribution < -0.4 is 4.72 Å². The maximum absolute atomic E-state index is 14.0.